The molecule has 15 atom stereocenters. The minimum atomic E-state index is -2.29. The minimum Gasteiger partial charge on any atom is -0.467 e. The molecule has 0 aromatic rings. The molecule has 3 aliphatic carbocycles. The number of allylic oxidation sites excluding steroid dienone is 2. The molecule has 1 spiro atoms. The van der Waals surface area contributed by atoms with Gasteiger partial charge in [-0.05, 0) is 30.3 Å². The quantitative estimate of drug-likeness (QED) is 0.128. The summed E-state index contributed by atoms with van der Waals surface area (Å²) >= 11 is 0. The van der Waals surface area contributed by atoms with Gasteiger partial charge < -0.3 is 59.1 Å². The van der Waals surface area contributed by atoms with E-state index in [1.807, 2.05) is 0 Å². The van der Waals surface area contributed by atoms with Gasteiger partial charge in [-0.3, -0.25) is 9.59 Å². The molecule has 2 bridgehead atoms. The zero-order chi connectivity index (χ0) is 33.0. The van der Waals surface area contributed by atoms with Crippen LogP contribution in [0.25, 0.3) is 0 Å². The second kappa shape index (κ2) is 10.7. The van der Waals surface area contributed by atoms with E-state index in [1.165, 1.54) is 0 Å². The van der Waals surface area contributed by atoms with E-state index >= 15 is 0 Å². The molecule has 0 aromatic carbocycles. The van der Waals surface area contributed by atoms with E-state index in [0.717, 1.165) is 14.0 Å². The van der Waals surface area contributed by atoms with Crippen molar-refractivity contribution >= 4 is 23.7 Å². The molecule has 2 saturated carbocycles. The van der Waals surface area contributed by atoms with Gasteiger partial charge in [-0.1, -0.05) is 6.92 Å². The lowest BCUT2D eigenvalue weighted by molar-refractivity contribution is -0.296. The predicted octanol–water partition coefficient (Wildman–Crippen LogP) is -3.17. The van der Waals surface area contributed by atoms with Crippen LogP contribution in [0.4, 0.5) is 0 Å². The van der Waals surface area contributed by atoms with Gasteiger partial charge in [0.2, 0.25) is 18.0 Å². The van der Waals surface area contributed by atoms with Crippen LogP contribution in [0.2, 0.25) is 0 Å². The van der Waals surface area contributed by atoms with E-state index in [1.54, 1.807) is 13.8 Å². The highest BCUT2D eigenvalue weighted by molar-refractivity contribution is 5.96. The van der Waals surface area contributed by atoms with Crippen molar-refractivity contribution in [3.05, 3.63) is 11.3 Å². The van der Waals surface area contributed by atoms with Crippen molar-refractivity contribution in [3.63, 3.8) is 0 Å². The summed E-state index contributed by atoms with van der Waals surface area (Å²) in [5.41, 5.74) is -4.52. The normalized spacial score (nSPS) is 50.3. The molecule has 3 saturated heterocycles. The Labute approximate surface area is 256 Å². The molecule has 0 amide bonds. The topological polar surface area (TPSA) is 245 Å². The van der Waals surface area contributed by atoms with Crippen molar-refractivity contribution in [2.24, 2.45) is 28.6 Å². The lowest BCUT2D eigenvalue weighted by atomic mass is 9.38. The van der Waals surface area contributed by atoms with Crippen LogP contribution in [0, 0.1) is 28.6 Å². The number of ketones is 1. The second-order valence-electron chi connectivity index (χ2n) is 13.3. The maximum absolute atomic E-state index is 13.8. The first-order valence-corrected chi connectivity index (χ1v) is 14.8. The van der Waals surface area contributed by atoms with Crippen LogP contribution < -0.4 is 0 Å². The number of aliphatic hydroxyl groups excluding tert-OH is 6. The van der Waals surface area contributed by atoms with Crippen molar-refractivity contribution in [2.45, 2.75) is 94.3 Å². The number of aliphatic hydroxyl groups is 6. The molecule has 5 fully saturated rings. The Kier molecular flexibility index (Phi) is 7.64. The van der Waals surface area contributed by atoms with Gasteiger partial charge in [0.05, 0.1) is 32.3 Å². The fraction of sp³-hybridized carbons (Fsp3) is 0.793. The van der Waals surface area contributed by atoms with Gasteiger partial charge in [0.25, 0.3) is 0 Å². The summed E-state index contributed by atoms with van der Waals surface area (Å²) in [5, 5.41) is 63.9. The summed E-state index contributed by atoms with van der Waals surface area (Å²) in [5.74, 6) is -6.73. The molecule has 0 unspecified atom stereocenters. The third kappa shape index (κ3) is 4.06. The highest BCUT2D eigenvalue weighted by atomic mass is 16.7. The molecule has 6 N–H and O–H groups in total. The predicted molar refractivity (Wildman–Crippen MR) is 141 cm³/mol. The highest BCUT2D eigenvalue weighted by Gasteiger charge is 2.85. The monoisotopic (exact) mass is 642 g/mol. The van der Waals surface area contributed by atoms with E-state index in [-0.39, 0.29) is 25.2 Å². The first-order chi connectivity index (χ1) is 21.1. The summed E-state index contributed by atoms with van der Waals surface area (Å²) < 4.78 is 33.6. The van der Waals surface area contributed by atoms with Gasteiger partial charge >= 0.3 is 17.9 Å². The molecule has 6 aliphatic rings. The summed E-state index contributed by atoms with van der Waals surface area (Å²) in [4.78, 5) is 52.8. The molecular formula is C29H38O16. The number of Topliss-reactive ketones (excluding diaryl/α,β-unsaturated/α-hetero) is 1. The number of carbonyl (C=O) groups excluding carboxylic acids is 4. The van der Waals surface area contributed by atoms with E-state index in [9.17, 15) is 49.8 Å². The summed E-state index contributed by atoms with van der Waals surface area (Å²) in [7, 11) is 1.05. The Hall–Kier alpha value is -2.70. The van der Waals surface area contributed by atoms with Gasteiger partial charge in [0, 0.05) is 24.7 Å². The first-order valence-electron chi connectivity index (χ1n) is 14.8. The third-order valence-electron chi connectivity index (χ3n) is 11.2. The SMILES string of the molecule is COC(=O)[C@@]12OC[C@]34[C@H]([C@@H](O)[C@@H]1O)[C@@]1(C)CC(=O)C(O[C@@H]5O[C@H](CO)[C@@H](O)[C@H](O)[C@H]5O)=C(C)[C@@H]1C[C@H]3OC(=O)[C@H](OC(C)=O)[C@@H]24. The van der Waals surface area contributed by atoms with E-state index in [0.29, 0.717) is 5.57 Å². The maximum Gasteiger partial charge on any atom is 0.348 e. The number of fused-ring (bicyclic) bond motifs is 2. The molecule has 0 radical (unpaired) electrons. The average Bonchev–Trinajstić information content (AvgIpc) is 3.29. The summed E-state index contributed by atoms with van der Waals surface area (Å²) in [6, 6.07) is 0. The fourth-order valence-corrected chi connectivity index (χ4v) is 9.46. The molecule has 250 valence electrons. The van der Waals surface area contributed by atoms with Crippen molar-refractivity contribution in [2.75, 3.05) is 20.3 Å². The standard InChI is InChI=1S/C29H38O16/c1-9-11-5-14-28-8-41-29(26(39)40-4,22(28)20(24(38)44-14)42-10(2)31)23(37)18(36)21(28)27(11,3)6-12(32)19(9)45-25-17(35)16(34)15(33)13(7-30)43-25/h11,13-18,20-23,25,30,33-37H,5-8H2,1-4H3/t11-,13+,14+,15+,16-,17+,18+,20+,21+,22+,23-,25-,27-,28+,29-/m0/s1. The number of esters is 3. The average molecular weight is 643 g/mol. The van der Waals surface area contributed by atoms with E-state index < -0.39 is 120 Å². The van der Waals surface area contributed by atoms with Gasteiger partial charge in [-0.15, -0.1) is 0 Å². The van der Waals surface area contributed by atoms with Crippen LogP contribution in [0.3, 0.4) is 0 Å². The van der Waals surface area contributed by atoms with Gasteiger partial charge in [-0.25, -0.2) is 9.59 Å². The van der Waals surface area contributed by atoms with Crippen LogP contribution in [0.5, 0.6) is 0 Å². The lowest BCUT2D eigenvalue weighted by Gasteiger charge is -2.67. The van der Waals surface area contributed by atoms with Gasteiger partial charge in [-0.2, -0.15) is 0 Å². The summed E-state index contributed by atoms with van der Waals surface area (Å²) in [6.45, 7) is 3.37. The minimum absolute atomic E-state index is 0.0477. The van der Waals surface area contributed by atoms with Crippen LogP contribution in [-0.4, -0.2) is 135 Å². The second-order valence-corrected chi connectivity index (χ2v) is 13.3. The molecule has 16 nitrogen and oxygen atoms in total. The van der Waals surface area contributed by atoms with Crippen LogP contribution >= 0.6 is 0 Å². The van der Waals surface area contributed by atoms with Crippen LogP contribution in [-0.2, 0) is 47.6 Å². The van der Waals surface area contributed by atoms with E-state index in [2.05, 4.69) is 0 Å². The number of carbonyl (C=O) groups is 4. The number of hydrogen-bond donors (Lipinski definition) is 6. The highest BCUT2D eigenvalue weighted by Crippen LogP contribution is 2.73. The lowest BCUT2D eigenvalue weighted by Crippen LogP contribution is -2.79. The number of rotatable bonds is 5. The summed E-state index contributed by atoms with van der Waals surface area (Å²) in [6.07, 6.45) is -14.7. The van der Waals surface area contributed by atoms with Crippen molar-refractivity contribution in [3.8, 4) is 0 Å². The Morgan fingerprint density at radius 3 is 2.33 bits per heavy atom. The zero-order valence-corrected chi connectivity index (χ0v) is 25.0. The molecule has 3 heterocycles. The molecular weight excluding hydrogens is 604 g/mol. The van der Waals surface area contributed by atoms with Gasteiger partial charge in [0.1, 0.15) is 36.6 Å². The molecule has 45 heavy (non-hydrogen) atoms. The van der Waals surface area contributed by atoms with Crippen molar-refractivity contribution < 1.29 is 78.2 Å². The Balaban J connectivity index is 1.45. The molecule has 3 aliphatic heterocycles. The maximum atomic E-state index is 13.8. The van der Waals surface area contributed by atoms with Gasteiger partial charge in [0.15, 0.2) is 11.5 Å². The number of ether oxygens (including phenoxy) is 6. The number of methoxy groups -OCH3 is 1. The Morgan fingerprint density at radius 1 is 1.02 bits per heavy atom. The fourth-order valence-electron chi connectivity index (χ4n) is 9.46. The smallest absolute Gasteiger partial charge is 0.348 e. The zero-order valence-electron chi connectivity index (χ0n) is 25.0. The van der Waals surface area contributed by atoms with Crippen LogP contribution in [0.1, 0.15) is 33.6 Å². The Morgan fingerprint density at radius 2 is 1.71 bits per heavy atom. The largest absolute Gasteiger partial charge is 0.467 e. The molecule has 16 heteroatoms. The van der Waals surface area contributed by atoms with E-state index in [4.69, 9.17) is 28.4 Å². The first kappa shape index (κ1) is 32.2. The van der Waals surface area contributed by atoms with Crippen LogP contribution in [0.15, 0.2) is 11.3 Å². The molecule has 0 aromatic heterocycles. The molecule has 6 rings (SSSR count). The van der Waals surface area contributed by atoms with Crippen molar-refractivity contribution in [1.29, 1.82) is 0 Å². The van der Waals surface area contributed by atoms with Crippen molar-refractivity contribution in [1.82, 2.24) is 0 Å². The third-order valence-corrected chi connectivity index (χ3v) is 11.2. The number of hydrogen-bond acceptors (Lipinski definition) is 16. The Bertz CT molecular complexity index is 1330.